The normalized spacial score (nSPS) is 12.7. The fraction of sp³-hybridized carbons (Fsp3) is 0.750. The van der Waals surface area contributed by atoms with Crippen LogP contribution >= 0.6 is 11.6 Å². The van der Waals surface area contributed by atoms with E-state index in [4.69, 9.17) is 16.3 Å². The molecule has 0 radical (unpaired) electrons. The topological polar surface area (TPSA) is 26.3 Å². The van der Waals surface area contributed by atoms with Crippen molar-refractivity contribution in [3.8, 4) is 0 Å². The number of hydrogen-bond donors (Lipinski definition) is 0. The molecular formula is C12H23ClNO2+. The van der Waals surface area contributed by atoms with Crippen LogP contribution in [-0.4, -0.2) is 44.2 Å². The monoisotopic (exact) mass is 248 g/mol. The Kier molecular flexibility index (Phi) is 7.43. The zero-order valence-corrected chi connectivity index (χ0v) is 11.5. The summed E-state index contributed by atoms with van der Waals surface area (Å²) in [5.41, 5.74) is 0. The highest BCUT2D eigenvalue weighted by molar-refractivity contribution is 6.29. The minimum absolute atomic E-state index is 0.140. The number of quaternary nitrogens is 1. The predicted molar refractivity (Wildman–Crippen MR) is 67.3 cm³/mol. The lowest BCUT2D eigenvalue weighted by atomic mass is 10.3. The van der Waals surface area contributed by atoms with Crippen LogP contribution in [0.2, 0.25) is 0 Å². The van der Waals surface area contributed by atoms with Crippen molar-refractivity contribution in [1.82, 2.24) is 0 Å². The average molecular weight is 249 g/mol. The van der Waals surface area contributed by atoms with Crippen molar-refractivity contribution in [3.63, 3.8) is 0 Å². The number of ether oxygens (including phenoxy) is 1. The van der Waals surface area contributed by atoms with Gasteiger partial charge in [-0.15, -0.1) is 0 Å². The summed E-state index contributed by atoms with van der Waals surface area (Å²) in [4.78, 5) is 11.5. The Morgan fingerprint density at radius 2 is 2.06 bits per heavy atom. The van der Waals surface area contributed by atoms with E-state index in [2.05, 4.69) is 6.92 Å². The molecule has 0 rings (SSSR count). The zero-order chi connectivity index (χ0) is 12.6. The maximum absolute atomic E-state index is 11.5. The number of halogens is 1. The van der Waals surface area contributed by atoms with Crippen molar-refractivity contribution in [2.75, 3.05) is 33.8 Å². The summed E-state index contributed by atoms with van der Waals surface area (Å²) in [6.07, 6.45) is 3.89. The summed E-state index contributed by atoms with van der Waals surface area (Å²) < 4.78 is 5.68. The first kappa shape index (κ1) is 15.5. The van der Waals surface area contributed by atoms with E-state index < -0.39 is 0 Å². The highest BCUT2D eigenvalue weighted by atomic mass is 35.5. The van der Waals surface area contributed by atoms with Gasteiger partial charge in [0, 0.05) is 5.03 Å². The van der Waals surface area contributed by atoms with Gasteiger partial charge in [0.1, 0.15) is 0 Å². The standard InChI is InChI=1S/C12H23ClNO2/c1-5-6-9-16-12(15)10-14(3,4)8-7-11(2)13/h7H,5-6,8-10H2,1-4H3/q+1/b11-7-. The Labute approximate surface area is 104 Å². The third-order valence-corrected chi connectivity index (χ3v) is 2.34. The Balaban J connectivity index is 3.95. The Morgan fingerprint density at radius 3 is 2.56 bits per heavy atom. The fourth-order valence-corrected chi connectivity index (χ4v) is 1.23. The van der Waals surface area contributed by atoms with E-state index in [9.17, 15) is 4.79 Å². The molecule has 0 bridgehead atoms. The summed E-state index contributed by atoms with van der Waals surface area (Å²) in [5.74, 6) is -0.140. The van der Waals surface area contributed by atoms with Crippen LogP contribution in [0.1, 0.15) is 26.7 Å². The van der Waals surface area contributed by atoms with E-state index in [1.165, 1.54) is 0 Å². The van der Waals surface area contributed by atoms with Crippen LogP contribution in [0.5, 0.6) is 0 Å². The van der Waals surface area contributed by atoms with E-state index in [0.29, 0.717) is 17.6 Å². The molecule has 0 amide bonds. The van der Waals surface area contributed by atoms with Gasteiger partial charge in [-0.1, -0.05) is 24.9 Å². The van der Waals surface area contributed by atoms with E-state index >= 15 is 0 Å². The van der Waals surface area contributed by atoms with E-state index in [-0.39, 0.29) is 5.97 Å². The smallest absolute Gasteiger partial charge is 0.361 e. The van der Waals surface area contributed by atoms with Gasteiger partial charge in [0.2, 0.25) is 0 Å². The summed E-state index contributed by atoms with van der Waals surface area (Å²) in [5, 5.41) is 0.755. The lowest BCUT2D eigenvalue weighted by Gasteiger charge is -2.27. The largest absolute Gasteiger partial charge is 0.462 e. The molecule has 94 valence electrons. The highest BCUT2D eigenvalue weighted by Crippen LogP contribution is 2.04. The molecule has 0 spiro atoms. The second kappa shape index (κ2) is 7.69. The van der Waals surface area contributed by atoms with Gasteiger partial charge in [0.05, 0.1) is 27.2 Å². The maximum atomic E-state index is 11.5. The molecule has 0 aliphatic carbocycles. The molecule has 0 fully saturated rings. The number of rotatable bonds is 7. The second-order valence-electron chi connectivity index (χ2n) is 4.64. The molecule has 0 aliphatic heterocycles. The van der Waals surface area contributed by atoms with E-state index in [1.807, 2.05) is 27.1 Å². The first-order valence-electron chi connectivity index (χ1n) is 5.67. The van der Waals surface area contributed by atoms with Gasteiger partial charge in [-0.05, 0) is 19.4 Å². The molecule has 0 heterocycles. The summed E-state index contributed by atoms with van der Waals surface area (Å²) >= 11 is 5.76. The molecule has 16 heavy (non-hydrogen) atoms. The number of hydrogen-bond acceptors (Lipinski definition) is 2. The van der Waals surface area contributed by atoms with Gasteiger partial charge in [-0.2, -0.15) is 0 Å². The molecule has 0 unspecified atom stereocenters. The van der Waals surface area contributed by atoms with Crippen molar-refractivity contribution in [2.24, 2.45) is 0 Å². The third kappa shape index (κ3) is 8.74. The average Bonchev–Trinajstić information content (AvgIpc) is 2.15. The molecule has 0 aromatic rings. The SMILES string of the molecule is CCCCOC(=O)C[N+](C)(C)C/C=C(/C)Cl. The van der Waals surface area contributed by atoms with Crippen molar-refractivity contribution < 1.29 is 14.0 Å². The number of esters is 1. The second-order valence-corrected chi connectivity index (χ2v) is 5.24. The molecule has 0 N–H and O–H groups in total. The van der Waals surface area contributed by atoms with Gasteiger partial charge in [-0.3, -0.25) is 0 Å². The molecule has 3 nitrogen and oxygen atoms in total. The number of unbranched alkanes of at least 4 members (excludes halogenated alkanes) is 1. The van der Waals surface area contributed by atoms with Gasteiger partial charge in [-0.25, -0.2) is 4.79 Å². The Bertz CT molecular complexity index is 245. The van der Waals surface area contributed by atoms with Crippen molar-refractivity contribution >= 4 is 17.6 Å². The minimum Gasteiger partial charge on any atom is -0.462 e. The van der Waals surface area contributed by atoms with Crippen molar-refractivity contribution in [2.45, 2.75) is 26.7 Å². The fourth-order valence-electron chi connectivity index (χ4n) is 1.16. The first-order valence-corrected chi connectivity index (χ1v) is 6.05. The van der Waals surface area contributed by atoms with Crippen LogP contribution in [0.15, 0.2) is 11.1 Å². The van der Waals surface area contributed by atoms with Crippen molar-refractivity contribution in [1.29, 1.82) is 0 Å². The molecular weight excluding hydrogens is 226 g/mol. The molecule has 0 saturated heterocycles. The lowest BCUT2D eigenvalue weighted by Crippen LogP contribution is -2.44. The van der Waals surface area contributed by atoms with E-state index in [1.54, 1.807) is 0 Å². The number of carbonyl (C=O) groups is 1. The van der Waals surface area contributed by atoms with Crippen LogP contribution < -0.4 is 0 Å². The quantitative estimate of drug-likeness (QED) is 0.393. The summed E-state index contributed by atoms with van der Waals surface area (Å²) in [7, 11) is 3.97. The Hall–Kier alpha value is -0.540. The summed E-state index contributed by atoms with van der Waals surface area (Å²) in [6, 6.07) is 0. The van der Waals surface area contributed by atoms with E-state index in [0.717, 1.165) is 24.4 Å². The van der Waals surface area contributed by atoms with Gasteiger partial charge in [0.25, 0.3) is 0 Å². The van der Waals surface area contributed by atoms with Gasteiger partial charge < -0.3 is 9.22 Å². The predicted octanol–water partition coefficient (Wildman–Crippen LogP) is 2.55. The van der Waals surface area contributed by atoms with Gasteiger partial charge in [0.15, 0.2) is 6.54 Å². The van der Waals surface area contributed by atoms with Crippen LogP contribution in [0, 0.1) is 0 Å². The first-order chi connectivity index (χ1) is 7.37. The van der Waals surface area contributed by atoms with Crippen LogP contribution in [0.25, 0.3) is 0 Å². The molecule has 0 saturated carbocycles. The third-order valence-electron chi connectivity index (χ3n) is 2.18. The number of likely N-dealkylation sites (N-methyl/N-ethyl adjacent to an activating group) is 1. The molecule has 0 aromatic carbocycles. The molecule has 0 atom stereocenters. The minimum atomic E-state index is -0.140. The zero-order valence-electron chi connectivity index (χ0n) is 10.8. The Morgan fingerprint density at radius 1 is 1.44 bits per heavy atom. The number of carbonyl (C=O) groups excluding carboxylic acids is 1. The van der Waals surface area contributed by atoms with Crippen molar-refractivity contribution in [3.05, 3.63) is 11.1 Å². The maximum Gasteiger partial charge on any atom is 0.361 e. The van der Waals surface area contributed by atoms with Crippen LogP contribution in [0.3, 0.4) is 0 Å². The molecule has 0 aliphatic rings. The van der Waals surface area contributed by atoms with Gasteiger partial charge >= 0.3 is 5.97 Å². The molecule has 0 aromatic heterocycles. The van der Waals surface area contributed by atoms with Crippen LogP contribution in [0.4, 0.5) is 0 Å². The number of nitrogens with zero attached hydrogens (tertiary/aromatic N) is 1. The number of allylic oxidation sites excluding steroid dienone is 1. The molecule has 4 heteroatoms. The summed E-state index contributed by atoms with van der Waals surface area (Å²) in [6.45, 7) is 5.55. The van der Waals surface area contributed by atoms with Crippen LogP contribution in [-0.2, 0) is 9.53 Å². The lowest BCUT2D eigenvalue weighted by molar-refractivity contribution is -0.877. The highest BCUT2D eigenvalue weighted by Gasteiger charge is 2.19.